The topological polar surface area (TPSA) is 72.2 Å². The van der Waals surface area contributed by atoms with Crippen LogP contribution in [0.2, 0.25) is 0 Å². The van der Waals surface area contributed by atoms with E-state index in [1.54, 1.807) is 4.68 Å². The van der Waals surface area contributed by atoms with Crippen LogP contribution < -0.4 is 5.32 Å². The molecule has 2 N–H and O–H groups in total. The van der Waals surface area contributed by atoms with Gasteiger partial charge in [0.2, 0.25) is 0 Å². The summed E-state index contributed by atoms with van der Waals surface area (Å²) < 4.78 is 7.24. The maximum absolute atomic E-state index is 8.77. The van der Waals surface area contributed by atoms with Gasteiger partial charge in [-0.15, -0.1) is 5.10 Å². The number of aromatic nitrogens is 3. The van der Waals surface area contributed by atoms with Crippen molar-refractivity contribution in [3.63, 3.8) is 0 Å². The molecule has 6 heteroatoms. The van der Waals surface area contributed by atoms with E-state index in [9.17, 15) is 0 Å². The highest BCUT2D eigenvalue weighted by Crippen LogP contribution is 2.04. The van der Waals surface area contributed by atoms with Crippen LogP contribution in [0.25, 0.3) is 0 Å². The Kier molecular flexibility index (Phi) is 7.62. The number of rotatable bonds is 10. The van der Waals surface area contributed by atoms with E-state index in [0.717, 1.165) is 12.3 Å². The molecule has 1 rings (SSSR count). The molecule has 110 valence electrons. The van der Waals surface area contributed by atoms with E-state index in [1.807, 2.05) is 13.1 Å². The molecule has 0 bridgehead atoms. The second-order valence-electron chi connectivity index (χ2n) is 4.94. The van der Waals surface area contributed by atoms with E-state index in [0.29, 0.717) is 38.1 Å². The Morgan fingerprint density at radius 1 is 1.47 bits per heavy atom. The quantitative estimate of drug-likeness (QED) is 0.658. The first-order valence-corrected chi connectivity index (χ1v) is 6.98. The molecule has 0 fully saturated rings. The molecule has 0 radical (unpaired) electrons. The van der Waals surface area contributed by atoms with Gasteiger partial charge in [0.05, 0.1) is 12.3 Å². The largest absolute Gasteiger partial charge is 0.396 e. The molecular weight excluding hydrogens is 244 g/mol. The number of aryl methyl sites for hydroxylation is 1. The third-order valence-corrected chi connectivity index (χ3v) is 2.98. The smallest absolute Gasteiger partial charge is 0.0964 e. The SMILES string of the molecule is CCOCC(NCc1cn(CCCO)nn1)C(C)C. The Bertz CT molecular complexity index is 341. The van der Waals surface area contributed by atoms with E-state index in [2.05, 4.69) is 29.5 Å². The summed E-state index contributed by atoms with van der Waals surface area (Å²) in [6.45, 7) is 9.38. The highest BCUT2D eigenvalue weighted by Gasteiger charge is 2.13. The molecule has 0 saturated heterocycles. The van der Waals surface area contributed by atoms with Gasteiger partial charge in [-0.3, -0.25) is 4.68 Å². The fourth-order valence-corrected chi connectivity index (χ4v) is 1.73. The molecular formula is C13H26N4O2. The van der Waals surface area contributed by atoms with E-state index in [4.69, 9.17) is 9.84 Å². The van der Waals surface area contributed by atoms with Crippen LogP contribution in [0.5, 0.6) is 0 Å². The van der Waals surface area contributed by atoms with E-state index in [-0.39, 0.29) is 6.61 Å². The summed E-state index contributed by atoms with van der Waals surface area (Å²) in [6, 6.07) is 0.322. The second kappa shape index (κ2) is 9.01. The zero-order chi connectivity index (χ0) is 14.1. The van der Waals surface area contributed by atoms with Crippen molar-refractivity contribution in [2.24, 2.45) is 5.92 Å². The summed E-state index contributed by atoms with van der Waals surface area (Å²) >= 11 is 0. The summed E-state index contributed by atoms with van der Waals surface area (Å²) in [5, 5.41) is 20.3. The number of hydrogen-bond donors (Lipinski definition) is 2. The summed E-state index contributed by atoms with van der Waals surface area (Å²) in [7, 11) is 0. The van der Waals surface area contributed by atoms with Crippen molar-refractivity contribution in [2.75, 3.05) is 19.8 Å². The van der Waals surface area contributed by atoms with Crippen molar-refractivity contribution in [1.29, 1.82) is 0 Å². The van der Waals surface area contributed by atoms with Gasteiger partial charge in [-0.05, 0) is 19.3 Å². The molecule has 0 aliphatic rings. The van der Waals surface area contributed by atoms with Gasteiger partial charge in [-0.25, -0.2) is 0 Å². The molecule has 0 aliphatic heterocycles. The number of nitrogens with one attached hydrogen (secondary N) is 1. The molecule has 0 aromatic carbocycles. The lowest BCUT2D eigenvalue weighted by molar-refractivity contribution is 0.107. The summed E-state index contributed by atoms with van der Waals surface area (Å²) in [4.78, 5) is 0. The van der Waals surface area contributed by atoms with Gasteiger partial charge in [-0.2, -0.15) is 0 Å². The van der Waals surface area contributed by atoms with Gasteiger partial charge in [0.15, 0.2) is 0 Å². The first kappa shape index (κ1) is 16.1. The first-order valence-electron chi connectivity index (χ1n) is 6.98. The van der Waals surface area contributed by atoms with E-state index < -0.39 is 0 Å². The molecule has 0 amide bonds. The lowest BCUT2D eigenvalue weighted by atomic mass is 10.1. The average molecular weight is 270 g/mol. The summed E-state index contributed by atoms with van der Waals surface area (Å²) in [5.41, 5.74) is 0.917. The summed E-state index contributed by atoms with van der Waals surface area (Å²) in [6.07, 6.45) is 2.62. The molecule has 1 atom stereocenters. The molecule has 1 aromatic rings. The van der Waals surface area contributed by atoms with Gasteiger partial charge in [0, 0.05) is 38.5 Å². The summed E-state index contributed by atoms with van der Waals surface area (Å²) in [5.74, 6) is 0.510. The molecule has 0 spiro atoms. The minimum Gasteiger partial charge on any atom is -0.396 e. The Balaban J connectivity index is 2.38. The lowest BCUT2D eigenvalue weighted by Gasteiger charge is -2.21. The molecule has 0 saturated carbocycles. The zero-order valence-corrected chi connectivity index (χ0v) is 12.2. The van der Waals surface area contributed by atoms with Crippen molar-refractivity contribution in [2.45, 2.75) is 46.3 Å². The minimum atomic E-state index is 0.178. The Morgan fingerprint density at radius 3 is 2.89 bits per heavy atom. The third-order valence-electron chi connectivity index (χ3n) is 2.98. The van der Waals surface area contributed by atoms with Crippen LogP contribution in [0.4, 0.5) is 0 Å². The van der Waals surface area contributed by atoms with Crippen LogP contribution in [-0.4, -0.2) is 46.0 Å². The third kappa shape index (κ3) is 6.13. The number of aliphatic hydroxyl groups excluding tert-OH is 1. The molecule has 1 aromatic heterocycles. The normalized spacial score (nSPS) is 13.1. The van der Waals surface area contributed by atoms with E-state index >= 15 is 0 Å². The fourth-order valence-electron chi connectivity index (χ4n) is 1.73. The van der Waals surface area contributed by atoms with Crippen molar-refractivity contribution >= 4 is 0 Å². The maximum atomic E-state index is 8.77. The highest BCUT2D eigenvalue weighted by atomic mass is 16.5. The zero-order valence-electron chi connectivity index (χ0n) is 12.2. The predicted molar refractivity (Wildman–Crippen MR) is 73.7 cm³/mol. The monoisotopic (exact) mass is 270 g/mol. The standard InChI is InChI=1S/C13H26N4O2/c1-4-19-10-13(11(2)3)14-8-12-9-17(16-15-12)6-5-7-18/h9,11,13-14,18H,4-8,10H2,1-3H3. The Labute approximate surface area is 115 Å². The van der Waals surface area contributed by atoms with E-state index in [1.165, 1.54) is 0 Å². The van der Waals surface area contributed by atoms with Crippen LogP contribution in [0.3, 0.4) is 0 Å². The van der Waals surface area contributed by atoms with Crippen LogP contribution in [-0.2, 0) is 17.8 Å². The Hall–Kier alpha value is -0.980. The number of hydrogen-bond acceptors (Lipinski definition) is 5. The van der Waals surface area contributed by atoms with Crippen LogP contribution in [0.1, 0.15) is 32.9 Å². The molecule has 1 unspecified atom stereocenters. The minimum absolute atomic E-state index is 0.178. The second-order valence-corrected chi connectivity index (χ2v) is 4.94. The predicted octanol–water partition coefficient (Wildman–Crippen LogP) is 0.811. The first-order chi connectivity index (χ1) is 9.17. The lowest BCUT2D eigenvalue weighted by Crippen LogP contribution is -2.37. The van der Waals surface area contributed by atoms with Crippen molar-refractivity contribution in [1.82, 2.24) is 20.3 Å². The van der Waals surface area contributed by atoms with Crippen molar-refractivity contribution < 1.29 is 9.84 Å². The maximum Gasteiger partial charge on any atom is 0.0964 e. The van der Waals surface area contributed by atoms with Crippen molar-refractivity contribution in [3.8, 4) is 0 Å². The van der Waals surface area contributed by atoms with Crippen molar-refractivity contribution in [3.05, 3.63) is 11.9 Å². The van der Waals surface area contributed by atoms with Gasteiger partial charge >= 0.3 is 0 Å². The van der Waals surface area contributed by atoms with Gasteiger partial charge in [0.25, 0.3) is 0 Å². The van der Waals surface area contributed by atoms with Crippen LogP contribution >= 0.6 is 0 Å². The molecule has 0 aliphatic carbocycles. The van der Waals surface area contributed by atoms with Gasteiger partial charge in [0.1, 0.15) is 0 Å². The number of aliphatic hydroxyl groups is 1. The van der Waals surface area contributed by atoms with Crippen LogP contribution in [0, 0.1) is 5.92 Å². The number of ether oxygens (including phenoxy) is 1. The number of nitrogens with zero attached hydrogens (tertiary/aromatic N) is 3. The highest BCUT2D eigenvalue weighted by molar-refractivity contribution is 4.92. The average Bonchev–Trinajstić information content (AvgIpc) is 2.84. The van der Waals surface area contributed by atoms with Crippen LogP contribution in [0.15, 0.2) is 6.20 Å². The fraction of sp³-hybridized carbons (Fsp3) is 0.846. The molecule has 6 nitrogen and oxygen atoms in total. The molecule has 1 heterocycles. The van der Waals surface area contributed by atoms with Gasteiger partial charge < -0.3 is 15.2 Å². The molecule has 19 heavy (non-hydrogen) atoms. The van der Waals surface area contributed by atoms with Gasteiger partial charge in [-0.1, -0.05) is 19.1 Å². The Morgan fingerprint density at radius 2 is 2.26 bits per heavy atom.